The van der Waals surface area contributed by atoms with E-state index < -0.39 is 0 Å². The summed E-state index contributed by atoms with van der Waals surface area (Å²) >= 11 is 1.86. The van der Waals surface area contributed by atoms with Gasteiger partial charge in [0.1, 0.15) is 11.2 Å². The minimum Gasteiger partial charge on any atom is -0.455 e. The lowest BCUT2D eigenvalue weighted by Crippen LogP contribution is -2.11. The van der Waals surface area contributed by atoms with Gasteiger partial charge in [0, 0.05) is 42.0 Å². The first-order valence-corrected chi connectivity index (χ1v) is 16.7. The van der Waals surface area contributed by atoms with E-state index in [2.05, 4.69) is 169 Å². The molecule has 47 heavy (non-hydrogen) atoms. The fourth-order valence-corrected chi connectivity index (χ4v) is 8.41. The van der Waals surface area contributed by atoms with E-state index in [1.165, 1.54) is 47.5 Å². The predicted molar refractivity (Wildman–Crippen MR) is 202 cm³/mol. The molecule has 10 aromatic rings. The van der Waals surface area contributed by atoms with Gasteiger partial charge in [0.15, 0.2) is 0 Å². The molecule has 2 heterocycles. The van der Waals surface area contributed by atoms with Crippen molar-refractivity contribution >= 4 is 92.1 Å². The summed E-state index contributed by atoms with van der Waals surface area (Å²) in [6, 6.07) is 59.0. The SMILES string of the molecule is c1cc(-c2ccc3c(c2)sc2ccccc23)cc(N(c2cccc3ccccc23)c2cccc3oc4c5ccccc5ccc4c23)c1. The molecule has 0 saturated carbocycles. The second kappa shape index (κ2) is 10.3. The van der Waals surface area contributed by atoms with Gasteiger partial charge in [-0.3, -0.25) is 0 Å². The van der Waals surface area contributed by atoms with Crippen LogP contribution >= 0.6 is 11.3 Å². The molecule has 3 heteroatoms. The van der Waals surface area contributed by atoms with Crippen molar-refractivity contribution in [2.24, 2.45) is 0 Å². The maximum Gasteiger partial charge on any atom is 0.143 e. The average molecular weight is 618 g/mol. The third kappa shape index (κ3) is 4.10. The fourth-order valence-electron chi connectivity index (χ4n) is 7.26. The van der Waals surface area contributed by atoms with Crippen LogP contribution in [-0.2, 0) is 0 Å². The highest BCUT2D eigenvalue weighted by molar-refractivity contribution is 7.25. The first kappa shape index (κ1) is 26.3. The highest BCUT2D eigenvalue weighted by Gasteiger charge is 2.22. The van der Waals surface area contributed by atoms with Crippen LogP contribution < -0.4 is 4.90 Å². The Morgan fingerprint density at radius 1 is 0.426 bits per heavy atom. The van der Waals surface area contributed by atoms with Crippen molar-refractivity contribution in [1.82, 2.24) is 0 Å². The number of hydrogen-bond donors (Lipinski definition) is 0. The van der Waals surface area contributed by atoms with Crippen LogP contribution in [0.2, 0.25) is 0 Å². The molecule has 0 radical (unpaired) electrons. The Balaban J connectivity index is 1.23. The van der Waals surface area contributed by atoms with E-state index in [1.54, 1.807) is 0 Å². The summed E-state index contributed by atoms with van der Waals surface area (Å²) in [6.07, 6.45) is 0. The quantitative estimate of drug-likeness (QED) is 0.195. The number of thiophene rings is 1. The van der Waals surface area contributed by atoms with Crippen LogP contribution in [0.25, 0.3) is 74.8 Å². The van der Waals surface area contributed by atoms with Crippen molar-refractivity contribution in [1.29, 1.82) is 0 Å². The molecule has 0 amide bonds. The summed E-state index contributed by atoms with van der Waals surface area (Å²) in [5, 5.41) is 9.57. The van der Waals surface area contributed by atoms with Crippen molar-refractivity contribution < 1.29 is 4.42 Å². The predicted octanol–water partition coefficient (Wildman–Crippen LogP) is 13.4. The Morgan fingerprint density at radius 3 is 2.00 bits per heavy atom. The van der Waals surface area contributed by atoms with Crippen LogP contribution in [0.1, 0.15) is 0 Å². The Hall–Kier alpha value is -5.90. The van der Waals surface area contributed by atoms with Crippen molar-refractivity contribution in [3.05, 3.63) is 164 Å². The zero-order valence-corrected chi connectivity index (χ0v) is 26.2. The Labute approximate surface area is 275 Å². The number of anilines is 3. The molecule has 0 saturated heterocycles. The maximum atomic E-state index is 6.65. The van der Waals surface area contributed by atoms with Gasteiger partial charge in [-0.2, -0.15) is 0 Å². The molecule has 10 rings (SSSR count). The van der Waals surface area contributed by atoms with E-state index in [0.717, 1.165) is 44.4 Å². The zero-order valence-electron chi connectivity index (χ0n) is 25.4. The van der Waals surface area contributed by atoms with Crippen LogP contribution in [0.4, 0.5) is 17.1 Å². The highest BCUT2D eigenvalue weighted by atomic mass is 32.1. The van der Waals surface area contributed by atoms with Gasteiger partial charge in [-0.25, -0.2) is 0 Å². The second-order valence-electron chi connectivity index (χ2n) is 12.1. The van der Waals surface area contributed by atoms with Crippen LogP contribution in [0.5, 0.6) is 0 Å². The molecule has 0 spiro atoms. The summed E-state index contributed by atoms with van der Waals surface area (Å²) < 4.78 is 9.28. The van der Waals surface area contributed by atoms with Crippen molar-refractivity contribution in [2.45, 2.75) is 0 Å². The van der Waals surface area contributed by atoms with Gasteiger partial charge in [-0.15, -0.1) is 11.3 Å². The molecule has 0 atom stereocenters. The number of benzene rings is 8. The van der Waals surface area contributed by atoms with Crippen LogP contribution in [0, 0.1) is 0 Å². The average Bonchev–Trinajstić information content (AvgIpc) is 3.71. The lowest BCUT2D eigenvalue weighted by atomic mass is 10.0. The normalized spacial score (nSPS) is 11.8. The Bertz CT molecular complexity index is 2820. The highest BCUT2D eigenvalue weighted by Crippen LogP contribution is 2.46. The molecule has 0 N–H and O–H groups in total. The Kier molecular flexibility index (Phi) is 5.78. The van der Waals surface area contributed by atoms with Crippen molar-refractivity contribution in [2.75, 3.05) is 4.90 Å². The lowest BCUT2D eigenvalue weighted by Gasteiger charge is -2.28. The zero-order chi connectivity index (χ0) is 30.9. The van der Waals surface area contributed by atoms with E-state index >= 15 is 0 Å². The largest absolute Gasteiger partial charge is 0.455 e. The molecule has 0 aliphatic rings. The van der Waals surface area contributed by atoms with Crippen molar-refractivity contribution in [3.8, 4) is 11.1 Å². The minimum atomic E-state index is 0.880. The Morgan fingerprint density at radius 2 is 1.09 bits per heavy atom. The lowest BCUT2D eigenvalue weighted by molar-refractivity contribution is 0.672. The molecule has 0 fully saturated rings. The molecule has 220 valence electrons. The smallest absolute Gasteiger partial charge is 0.143 e. The number of fused-ring (bicyclic) bond motifs is 9. The monoisotopic (exact) mass is 617 g/mol. The molecule has 2 aromatic heterocycles. The maximum absolute atomic E-state index is 6.65. The molecular weight excluding hydrogens is 591 g/mol. The van der Waals surface area contributed by atoms with E-state index in [0.29, 0.717) is 0 Å². The molecule has 8 aromatic carbocycles. The van der Waals surface area contributed by atoms with Gasteiger partial charge in [0.2, 0.25) is 0 Å². The van der Waals surface area contributed by atoms with Crippen molar-refractivity contribution in [3.63, 3.8) is 0 Å². The fraction of sp³-hybridized carbons (Fsp3) is 0. The molecular formula is C44H27NOS. The number of hydrogen-bond acceptors (Lipinski definition) is 3. The van der Waals surface area contributed by atoms with E-state index in [9.17, 15) is 0 Å². The first-order valence-electron chi connectivity index (χ1n) is 15.9. The summed E-state index contributed by atoms with van der Waals surface area (Å²) in [6.45, 7) is 0. The third-order valence-corrected chi connectivity index (χ3v) is 10.6. The number of nitrogens with zero attached hydrogens (tertiary/aromatic N) is 1. The summed E-state index contributed by atoms with van der Waals surface area (Å²) in [5.41, 5.74) is 7.51. The third-order valence-electron chi connectivity index (χ3n) is 9.43. The van der Waals surface area contributed by atoms with Gasteiger partial charge >= 0.3 is 0 Å². The first-order chi connectivity index (χ1) is 23.3. The van der Waals surface area contributed by atoms with Crippen LogP contribution in [-0.4, -0.2) is 0 Å². The number of furan rings is 1. The van der Waals surface area contributed by atoms with Crippen LogP contribution in [0.15, 0.2) is 168 Å². The van der Waals surface area contributed by atoms with E-state index in [1.807, 2.05) is 11.3 Å². The topological polar surface area (TPSA) is 16.4 Å². The second-order valence-corrected chi connectivity index (χ2v) is 13.2. The molecule has 2 nitrogen and oxygen atoms in total. The summed E-state index contributed by atoms with van der Waals surface area (Å²) in [5.74, 6) is 0. The van der Waals surface area contributed by atoms with E-state index in [4.69, 9.17) is 4.42 Å². The molecule has 0 unspecified atom stereocenters. The van der Waals surface area contributed by atoms with Gasteiger partial charge in [-0.05, 0) is 70.4 Å². The van der Waals surface area contributed by atoms with Gasteiger partial charge in [0.05, 0.1) is 16.8 Å². The van der Waals surface area contributed by atoms with E-state index in [-0.39, 0.29) is 0 Å². The minimum absolute atomic E-state index is 0.880. The summed E-state index contributed by atoms with van der Waals surface area (Å²) in [7, 11) is 0. The summed E-state index contributed by atoms with van der Waals surface area (Å²) in [4.78, 5) is 2.41. The molecule has 0 aliphatic heterocycles. The van der Waals surface area contributed by atoms with Gasteiger partial charge in [0.25, 0.3) is 0 Å². The number of rotatable bonds is 4. The molecule has 0 bridgehead atoms. The molecule has 0 aliphatic carbocycles. The van der Waals surface area contributed by atoms with Crippen LogP contribution in [0.3, 0.4) is 0 Å². The standard InChI is InChI=1S/C44H27NOS/c1-3-15-33-28(10-1)12-8-18-38(33)45(39-19-9-20-40-43(39)37-25-22-29-11-2-4-16-34(29)44(37)46-40)32-14-7-13-30(26-32)31-23-24-36-35-17-5-6-21-41(35)47-42(36)27-31/h1-27H. The van der Waals surface area contributed by atoms with Gasteiger partial charge in [-0.1, -0.05) is 115 Å². The van der Waals surface area contributed by atoms with Gasteiger partial charge < -0.3 is 9.32 Å².